The first-order chi connectivity index (χ1) is 11.4. The van der Waals surface area contributed by atoms with Crippen LogP contribution in [0.4, 0.5) is 0 Å². The van der Waals surface area contributed by atoms with E-state index in [0.717, 1.165) is 50.3 Å². The number of piperazine rings is 1. The van der Waals surface area contributed by atoms with E-state index < -0.39 is 0 Å². The van der Waals surface area contributed by atoms with Crippen LogP contribution in [-0.4, -0.2) is 72.3 Å². The molecule has 2 fully saturated rings. The maximum atomic E-state index is 12.9. The lowest BCUT2D eigenvalue weighted by molar-refractivity contribution is -0.129. The third kappa shape index (κ3) is 3.22. The molecule has 1 atom stereocenters. The molecule has 132 valence electrons. The van der Waals surface area contributed by atoms with Crippen LogP contribution in [0.1, 0.15) is 40.7 Å². The molecule has 1 aromatic rings. The van der Waals surface area contributed by atoms with Crippen molar-refractivity contribution in [1.82, 2.24) is 14.7 Å². The van der Waals surface area contributed by atoms with Crippen molar-refractivity contribution in [3.63, 3.8) is 0 Å². The number of likely N-dealkylation sites (tertiary alicyclic amines) is 1. The summed E-state index contributed by atoms with van der Waals surface area (Å²) in [5, 5.41) is 0. The maximum absolute atomic E-state index is 12.9. The topological polar surface area (TPSA) is 43.9 Å². The first-order valence-corrected chi connectivity index (χ1v) is 9.60. The average molecular weight is 350 g/mol. The average Bonchev–Trinajstić information content (AvgIpc) is 3.02. The quantitative estimate of drug-likeness (QED) is 0.821. The predicted octanol–water partition coefficient (Wildman–Crippen LogP) is 2.08. The number of rotatable bonds is 2. The molecule has 2 aliphatic heterocycles. The normalized spacial score (nSPS) is 26.0. The van der Waals surface area contributed by atoms with Gasteiger partial charge < -0.3 is 9.80 Å². The first kappa shape index (κ1) is 17.4. The first-order valence-electron chi connectivity index (χ1n) is 8.78. The molecule has 2 aliphatic rings. The van der Waals surface area contributed by atoms with Crippen LogP contribution in [0.2, 0.25) is 0 Å². The third-order valence-corrected chi connectivity index (χ3v) is 6.87. The summed E-state index contributed by atoms with van der Waals surface area (Å²) < 4.78 is 0. The Kier molecular flexibility index (Phi) is 4.97. The highest BCUT2D eigenvalue weighted by Crippen LogP contribution is 2.33. The molecule has 6 heteroatoms. The van der Waals surface area contributed by atoms with Crippen molar-refractivity contribution in [3.05, 3.63) is 21.9 Å². The van der Waals surface area contributed by atoms with Gasteiger partial charge in [-0.1, -0.05) is 6.92 Å². The smallest absolute Gasteiger partial charge is 0.264 e. The number of carbonyl (C=O) groups excluding carboxylic acids is 2. The van der Waals surface area contributed by atoms with Gasteiger partial charge in [-0.05, 0) is 38.4 Å². The molecule has 3 heterocycles. The minimum absolute atomic E-state index is 0.0703. The van der Waals surface area contributed by atoms with Crippen molar-refractivity contribution in [2.75, 3.05) is 40.3 Å². The second-order valence-electron chi connectivity index (χ2n) is 7.06. The number of thiophene rings is 1. The lowest BCUT2D eigenvalue weighted by atomic mass is 9.86. The van der Waals surface area contributed by atoms with Crippen LogP contribution < -0.4 is 0 Å². The summed E-state index contributed by atoms with van der Waals surface area (Å²) in [6, 6.07) is 4.02. The Morgan fingerprint density at radius 1 is 1.21 bits per heavy atom. The number of hydrogen-bond acceptors (Lipinski definition) is 4. The van der Waals surface area contributed by atoms with Gasteiger partial charge in [0.05, 0.1) is 4.88 Å². The van der Waals surface area contributed by atoms with Gasteiger partial charge in [0.2, 0.25) is 5.91 Å². The lowest BCUT2D eigenvalue weighted by Gasteiger charge is -2.49. The van der Waals surface area contributed by atoms with Gasteiger partial charge in [0, 0.05) is 50.1 Å². The monoisotopic (exact) mass is 349 g/mol. The fourth-order valence-corrected chi connectivity index (χ4v) is 4.69. The van der Waals surface area contributed by atoms with E-state index in [-0.39, 0.29) is 17.4 Å². The molecular formula is C18H27N3O2S. The summed E-state index contributed by atoms with van der Waals surface area (Å²) in [4.78, 5) is 33.3. The molecule has 0 N–H and O–H groups in total. The number of nitrogens with zero attached hydrogens (tertiary/aromatic N) is 3. The van der Waals surface area contributed by atoms with E-state index >= 15 is 0 Å². The Morgan fingerprint density at radius 2 is 2.00 bits per heavy atom. The van der Waals surface area contributed by atoms with Crippen molar-refractivity contribution >= 4 is 23.2 Å². The highest BCUT2D eigenvalue weighted by Gasteiger charge is 2.43. The Bertz CT molecular complexity index is 630. The van der Waals surface area contributed by atoms with Crippen LogP contribution in [0.5, 0.6) is 0 Å². The minimum Gasteiger partial charge on any atom is -0.346 e. The van der Waals surface area contributed by atoms with Crippen molar-refractivity contribution in [1.29, 1.82) is 0 Å². The van der Waals surface area contributed by atoms with Gasteiger partial charge in [-0.15, -0.1) is 11.3 Å². The van der Waals surface area contributed by atoms with Gasteiger partial charge in [-0.2, -0.15) is 0 Å². The van der Waals surface area contributed by atoms with Gasteiger partial charge in [-0.3, -0.25) is 14.5 Å². The summed E-state index contributed by atoms with van der Waals surface area (Å²) in [6.07, 6.45) is 3.31. The van der Waals surface area contributed by atoms with Gasteiger partial charge in [0.15, 0.2) is 0 Å². The van der Waals surface area contributed by atoms with Crippen LogP contribution in [-0.2, 0) is 11.2 Å². The SMILES string of the molecule is CCc1ccc(C(=O)N2CCN(C)[C@@]3(CCC(=O)N(C)CC3)C2)s1. The molecular weight excluding hydrogens is 322 g/mol. The van der Waals surface area contributed by atoms with Crippen LogP contribution >= 0.6 is 11.3 Å². The molecule has 2 amide bonds. The molecule has 0 unspecified atom stereocenters. The fraction of sp³-hybridized carbons (Fsp3) is 0.667. The standard InChI is InChI=1S/C18H27N3O2S/c1-4-14-5-6-15(24-14)17(23)21-12-11-20(3)18(13-21)8-7-16(22)19(2)10-9-18/h5-6H,4,7-13H2,1-3H3/t18-/m1/s1. The zero-order valence-electron chi connectivity index (χ0n) is 14.9. The molecule has 1 spiro atoms. The van der Waals surface area contributed by atoms with Crippen molar-refractivity contribution in [2.45, 2.75) is 38.1 Å². The van der Waals surface area contributed by atoms with Crippen molar-refractivity contribution < 1.29 is 9.59 Å². The zero-order valence-corrected chi connectivity index (χ0v) is 15.7. The van der Waals surface area contributed by atoms with Gasteiger partial charge >= 0.3 is 0 Å². The number of aryl methyl sites for hydroxylation is 1. The van der Waals surface area contributed by atoms with E-state index in [1.165, 1.54) is 4.88 Å². The highest BCUT2D eigenvalue weighted by molar-refractivity contribution is 7.14. The molecule has 3 rings (SSSR count). The van der Waals surface area contributed by atoms with Gasteiger partial charge in [-0.25, -0.2) is 0 Å². The highest BCUT2D eigenvalue weighted by atomic mass is 32.1. The lowest BCUT2D eigenvalue weighted by Crippen LogP contribution is -2.62. The van der Waals surface area contributed by atoms with Gasteiger partial charge in [0.1, 0.15) is 0 Å². The molecule has 0 aliphatic carbocycles. The summed E-state index contributed by atoms with van der Waals surface area (Å²) >= 11 is 1.61. The van der Waals surface area contributed by atoms with Crippen LogP contribution in [0.25, 0.3) is 0 Å². The Labute approximate surface area is 148 Å². The van der Waals surface area contributed by atoms with E-state index in [4.69, 9.17) is 0 Å². The summed E-state index contributed by atoms with van der Waals surface area (Å²) in [6.45, 7) is 5.24. The molecule has 5 nitrogen and oxygen atoms in total. The predicted molar refractivity (Wildman–Crippen MR) is 96.4 cm³/mol. The van der Waals surface area contributed by atoms with E-state index in [9.17, 15) is 9.59 Å². The van der Waals surface area contributed by atoms with Crippen LogP contribution in [0, 0.1) is 0 Å². The van der Waals surface area contributed by atoms with Crippen molar-refractivity contribution in [2.24, 2.45) is 0 Å². The molecule has 24 heavy (non-hydrogen) atoms. The molecule has 0 bridgehead atoms. The van der Waals surface area contributed by atoms with E-state index in [1.54, 1.807) is 11.3 Å². The molecule has 2 saturated heterocycles. The second-order valence-corrected chi connectivity index (χ2v) is 8.23. The number of hydrogen-bond donors (Lipinski definition) is 0. The fourth-order valence-electron chi connectivity index (χ4n) is 3.77. The van der Waals surface area contributed by atoms with Crippen LogP contribution in [0.3, 0.4) is 0 Å². The van der Waals surface area contributed by atoms with Crippen LogP contribution in [0.15, 0.2) is 12.1 Å². The number of likely N-dealkylation sites (N-methyl/N-ethyl adjacent to an activating group) is 1. The zero-order chi connectivity index (χ0) is 17.3. The van der Waals surface area contributed by atoms with E-state index in [1.807, 2.05) is 22.9 Å². The summed E-state index contributed by atoms with van der Waals surface area (Å²) in [5.41, 5.74) is -0.0703. The second kappa shape index (κ2) is 6.84. The summed E-state index contributed by atoms with van der Waals surface area (Å²) in [5.74, 6) is 0.366. The minimum atomic E-state index is -0.0703. The van der Waals surface area contributed by atoms with Gasteiger partial charge in [0.25, 0.3) is 5.91 Å². The Morgan fingerprint density at radius 3 is 2.71 bits per heavy atom. The molecule has 1 aromatic heterocycles. The number of carbonyl (C=O) groups is 2. The molecule has 0 saturated carbocycles. The maximum Gasteiger partial charge on any atom is 0.264 e. The van der Waals surface area contributed by atoms with E-state index in [2.05, 4.69) is 24.9 Å². The summed E-state index contributed by atoms with van der Waals surface area (Å²) in [7, 11) is 4.02. The Balaban J connectivity index is 1.77. The largest absolute Gasteiger partial charge is 0.346 e. The number of amides is 2. The third-order valence-electron chi connectivity index (χ3n) is 5.65. The van der Waals surface area contributed by atoms with Crippen molar-refractivity contribution in [3.8, 4) is 0 Å². The van der Waals surface area contributed by atoms with E-state index in [0.29, 0.717) is 6.42 Å². The molecule has 0 aromatic carbocycles. The molecule has 0 radical (unpaired) electrons. The Hall–Kier alpha value is -1.40.